The van der Waals surface area contributed by atoms with E-state index < -0.39 is 0 Å². The van der Waals surface area contributed by atoms with Crippen molar-refractivity contribution < 1.29 is 9.59 Å². The molecule has 1 aromatic heterocycles. The van der Waals surface area contributed by atoms with Crippen LogP contribution in [0.1, 0.15) is 12.8 Å². The summed E-state index contributed by atoms with van der Waals surface area (Å²) in [5.41, 5.74) is 0.189. The second-order valence-electron chi connectivity index (χ2n) is 3.81. The molecule has 1 aromatic carbocycles. The summed E-state index contributed by atoms with van der Waals surface area (Å²) in [6.07, 6.45) is 0.471. The first kappa shape index (κ1) is 10.2. The van der Waals surface area contributed by atoms with Crippen molar-refractivity contribution in [2.24, 2.45) is 0 Å². The summed E-state index contributed by atoms with van der Waals surface area (Å²) in [6, 6.07) is 7.40. The molecule has 3 rings (SSSR count). The number of imide groups is 1. The van der Waals surface area contributed by atoms with Gasteiger partial charge in [0.05, 0.1) is 4.70 Å². The molecule has 1 fully saturated rings. The fourth-order valence-corrected chi connectivity index (χ4v) is 2.93. The number of nitrogens with one attached hydrogen (secondary N) is 1. The van der Waals surface area contributed by atoms with Crippen LogP contribution in [0, 0.1) is 5.41 Å². The van der Waals surface area contributed by atoms with Gasteiger partial charge in [-0.1, -0.05) is 12.1 Å². The van der Waals surface area contributed by atoms with Crippen molar-refractivity contribution in [1.82, 2.24) is 4.07 Å². The van der Waals surface area contributed by atoms with Gasteiger partial charge in [-0.3, -0.25) is 15.0 Å². The van der Waals surface area contributed by atoms with Crippen LogP contribution < -0.4 is 10.5 Å². The summed E-state index contributed by atoms with van der Waals surface area (Å²) in [7, 11) is 0. The highest BCUT2D eigenvalue weighted by Gasteiger charge is 2.31. The average molecular weight is 247 g/mol. The number of carbonyl (C=O) groups excluding carboxylic acids is 2. The van der Waals surface area contributed by atoms with Crippen molar-refractivity contribution in [1.29, 1.82) is 5.41 Å². The lowest BCUT2D eigenvalue weighted by molar-refractivity contribution is -0.123. The van der Waals surface area contributed by atoms with E-state index in [4.69, 9.17) is 5.41 Å². The highest BCUT2D eigenvalue weighted by Crippen LogP contribution is 2.19. The molecule has 0 radical (unpaired) electrons. The molecule has 0 bridgehead atoms. The Morgan fingerprint density at radius 3 is 2.41 bits per heavy atom. The minimum absolute atomic E-state index is 0.189. The van der Waals surface area contributed by atoms with Gasteiger partial charge in [0.25, 0.3) is 0 Å². The number of benzene rings is 1. The molecule has 0 spiro atoms. The first-order valence-corrected chi connectivity index (χ1v) is 5.97. The van der Waals surface area contributed by atoms with E-state index >= 15 is 0 Å². The second-order valence-corrected chi connectivity index (χ2v) is 4.78. The summed E-state index contributed by atoms with van der Waals surface area (Å²) >= 11 is 1.24. The molecular weight excluding hydrogens is 238 g/mol. The first-order chi connectivity index (χ1) is 8.18. The molecule has 6 heteroatoms. The maximum absolute atomic E-state index is 11.6. The average Bonchev–Trinajstić information content (AvgIpc) is 2.82. The van der Waals surface area contributed by atoms with Gasteiger partial charge >= 0.3 is 0 Å². The van der Waals surface area contributed by atoms with E-state index in [0.29, 0.717) is 0 Å². The number of rotatable bonds is 1. The Bertz CT molecular complexity index is 669. The molecule has 5 nitrogen and oxygen atoms in total. The molecule has 0 saturated carbocycles. The normalized spacial score (nSPS) is 16.1. The summed E-state index contributed by atoms with van der Waals surface area (Å²) in [5, 5.41) is 9.82. The molecule has 2 heterocycles. The van der Waals surface area contributed by atoms with Crippen LogP contribution in [0.3, 0.4) is 0 Å². The van der Waals surface area contributed by atoms with Crippen LogP contribution in [-0.4, -0.2) is 15.9 Å². The van der Waals surface area contributed by atoms with Crippen molar-refractivity contribution in [3.63, 3.8) is 0 Å². The number of hydrogen-bond acceptors (Lipinski definition) is 4. The van der Waals surface area contributed by atoms with Crippen LogP contribution in [0.4, 0.5) is 0 Å². The van der Waals surface area contributed by atoms with E-state index in [9.17, 15) is 9.59 Å². The molecule has 17 heavy (non-hydrogen) atoms. The lowest BCUT2D eigenvalue weighted by Crippen LogP contribution is -2.43. The first-order valence-electron chi connectivity index (χ1n) is 5.20. The number of nitrogens with zero attached hydrogens (tertiary/aromatic N) is 2. The molecule has 0 unspecified atom stereocenters. The maximum atomic E-state index is 11.6. The number of amides is 2. The van der Waals surface area contributed by atoms with Gasteiger partial charge in [-0.15, -0.1) is 0 Å². The molecule has 1 saturated heterocycles. The van der Waals surface area contributed by atoms with Crippen molar-refractivity contribution in [2.45, 2.75) is 12.8 Å². The number of hydrogen-bond donors (Lipinski definition) is 1. The van der Waals surface area contributed by atoms with Gasteiger partial charge in [0.2, 0.25) is 11.8 Å². The van der Waals surface area contributed by atoms with Gasteiger partial charge in [0.15, 0.2) is 5.49 Å². The Hall–Kier alpha value is -1.95. The zero-order chi connectivity index (χ0) is 12.0. The number of carbonyl (C=O) groups is 2. The van der Waals surface area contributed by atoms with Crippen molar-refractivity contribution >= 4 is 33.4 Å². The van der Waals surface area contributed by atoms with Crippen LogP contribution in [0.15, 0.2) is 24.3 Å². The standard InChI is InChI=1S/C11H9N3O2S/c12-11-7-3-1-2-4-8(7)17-14(11)13-9(15)5-6-10(13)16/h1-4,12H,5-6H2. The van der Waals surface area contributed by atoms with Crippen LogP contribution in [0.2, 0.25) is 0 Å². The smallest absolute Gasteiger partial charge is 0.249 e. The van der Waals surface area contributed by atoms with Gasteiger partial charge in [0, 0.05) is 18.2 Å². The Morgan fingerprint density at radius 2 is 1.76 bits per heavy atom. The summed E-state index contributed by atoms with van der Waals surface area (Å²) in [5.74, 6) is -0.472. The third-order valence-electron chi connectivity index (χ3n) is 2.73. The fraction of sp³-hybridized carbons (Fsp3) is 0.182. The van der Waals surface area contributed by atoms with E-state index in [1.807, 2.05) is 24.3 Å². The van der Waals surface area contributed by atoms with Crippen molar-refractivity contribution in [3.05, 3.63) is 29.8 Å². The summed E-state index contributed by atoms with van der Waals surface area (Å²) in [6.45, 7) is 0. The largest absolute Gasteiger partial charge is 0.282 e. The van der Waals surface area contributed by atoms with Crippen LogP contribution in [0.25, 0.3) is 10.1 Å². The Balaban J connectivity index is 2.24. The van der Waals surface area contributed by atoms with Gasteiger partial charge in [-0.25, -0.2) is 0 Å². The fourth-order valence-electron chi connectivity index (χ4n) is 1.89. The van der Waals surface area contributed by atoms with Crippen molar-refractivity contribution in [2.75, 3.05) is 5.01 Å². The minimum Gasteiger partial charge on any atom is -0.282 e. The van der Waals surface area contributed by atoms with E-state index in [1.165, 1.54) is 15.6 Å². The minimum atomic E-state index is -0.236. The zero-order valence-corrected chi connectivity index (χ0v) is 9.66. The summed E-state index contributed by atoms with van der Waals surface area (Å²) in [4.78, 5) is 23.2. The predicted molar refractivity (Wildman–Crippen MR) is 63.1 cm³/mol. The Morgan fingerprint density at radius 1 is 1.12 bits per heavy atom. The molecule has 1 aliphatic heterocycles. The molecular formula is C11H9N3O2S. The molecule has 2 amide bonds. The Kier molecular flexibility index (Phi) is 2.12. The summed E-state index contributed by atoms with van der Waals surface area (Å²) < 4.78 is 2.27. The zero-order valence-electron chi connectivity index (χ0n) is 8.84. The molecule has 1 aliphatic rings. The highest BCUT2D eigenvalue weighted by atomic mass is 32.1. The number of aromatic nitrogens is 1. The van der Waals surface area contributed by atoms with Crippen LogP contribution in [0.5, 0.6) is 0 Å². The predicted octanol–water partition coefficient (Wildman–Crippen LogP) is 0.967. The molecule has 1 N–H and O–H groups in total. The third kappa shape index (κ3) is 1.41. The topological polar surface area (TPSA) is 66.2 Å². The van der Waals surface area contributed by atoms with Gasteiger partial charge in [-0.05, 0) is 23.7 Å². The van der Waals surface area contributed by atoms with E-state index in [0.717, 1.165) is 15.1 Å². The Labute approximate surface area is 101 Å². The molecule has 86 valence electrons. The number of fused-ring (bicyclic) bond motifs is 1. The maximum Gasteiger partial charge on any atom is 0.249 e. The lowest BCUT2D eigenvalue weighted by Gasteiger charge is -2.12. The lowest BCUT2D eigenvalue weighted by atomic mass is 10.3. The van der Waals surface area contributed by atoms with E-state index in [2.05, 4.69) is 0 Å². The van der Waals surface area contributed by atoms with Crippen LogP contribution in [-0.2, 0) is 9.59 Å². The van der Waals surface area contributed by atoms with Crippen LogP contribution >= 0.6 is 11.5 Å². The van der Waals surface area contributed by atoms with Gasteiger partial charge < -0.3 is 0 Å². The van der Waals surface area contributed by atoms with E-state index in [1.54, 1.807) is 0 Å². The monoisotopic (exact) mass is 247 g/mol. The highest BCUT2D eigenvalue weighted by molar-refractivity contribution is 7.14. The second kappa shape index (κ2) is 3.53. The van der Waals surface area contributed by atoms with Gasteiger partial charge in [-0.2, -0.15) is 9.07 Å². The molecule has 2 aromatic rings. The third-order valence-corrected chi connectivity index (χ3v) is 3.80. The van der Waals surface area contributed by atoms with Crippen molar-refractivity contribution in [3.8, 4) is 0 Å². The SMILES string of the molecule is N=c1c2ccccc2sn1N1C(=O)CCC1=O. The quantitative estimate of drug-likeness (QED) is 0.763. The molecule has 0 aliphatic carbocycles. The van der Waals surface area contributed by atoms with Gasteiger partial charge in [0.1, 0.15) is 0 Å². The van der Waals surface area contributed by atoms with E-state index in [-0.39, 0.29) is 30.1 Å². The molecule has 0 atom stereocenters.